The summed E-state index contributed by atoms with van der Waals surface area (Å²) in [6.07, 6.45) is 1.84. The first-order chi connectivity index (χ1) is 23.9. The van der Waals surface area contributed by atoms with E-state index in [0.29, 0.717) is 45.3 Å². The van der Waals surface area contributed by atoms with Crippen molar-refractivity contribution >= 4 is 17.9 Å². The molecule has 50 heavy (non-hydrogen) atoms. The van der Waals surface area contributed by atoms with Gasteiger partial charge >= 0.3 is 5.97 Å². The summed E-state index contributed by atoms with van der Waals surface area (Å²) in [6.45, 7) is 8.24. The van der Waals surface area contributed by atoms with E-state index in [-0.39, 0.29) is 39.1 Å². The number of hydrogen-bond acceptors (Lipinski definition) is 13. The van der Waals surface area contributed by atoms with Crippen molar-refractivity contribution in [3.63, 3.8) is 0 Å². The van der Waals surface area contributed by atoms with Gasteiger partial charge < -0.3 is 49.6 Å². The van der Waals surface area contributed by atoms with Crippen molar-refractivity contribution in [3.8, 4) is 5.75 Å². The minimum atomic E-state index is -2.34. The largest absolute Gasteiger partial charge is 0.420 e. The lowest BCUT2D eigenvalue weighted by molar-refractivity contribution is -0.190. The molecule has 5 unspecified atom stereocenters. The number of esters is 1. The van der Waals surface area contributed by atoms with Gasteiger partial charge in [-0.1, -0.05) is 33.6 Å². The van der Waals surface area contributed by atoms with Crippen LogP contribution in [0.1, 0.15) is 52.9 Å². The summed E-state index contributed by atoms with van der Waals surface area (Å²) < 4.78 is 96.9. The first-order valence-corrected chi connectivity index (χ1v) is 16.3. The van der Waals surface area contributed by atoms with Gasteiger partial charge in [-0.25, -0.2) is 13.2 Å². The highest BCUT2D eigenvalue weighted by Crippen LogP contribution is 2.29. The van der Waals surface area contributed by atoms with E-state index in [1.807, 2.05) is 13.8 Å². The zero-order valence-electron chi connectivity index (χ0n) is 28.6. The molecule has 0 aromatic heterocycles. The summed E-state index contributed by atoms with van der Waals surface area (Å²) >= 11 is 0. The molecule has 0 bridgehead atoms. The summed E-state index contributed by atoms with van der Waals surface area (Å²) in [4.78, 5) is 15.7. The monoisotopic (exact) mass is 731 g/mol. The summed E-state index contributed by atoms with van der Waals surface area (Å²) in [5.74, 6) is -8.52. The van der Waals surface area contributed by atoms with Gasteiger partial charge in [-0.05, 0) is 12.3 Å². The molecule has 1 heterocycles. The minimum Gasteiger partial charge on any atom is -0.420 e. The molecule has 5 N–H and O–H groups in total. The third kappa shape index (κ3) is 16.5. The van der Waals surface area contributed by atoms with E-state index in [0.717, 1.165) is 25.0 Å². The van der Waals surface area contributed by atoms with Gasteiger partial charge in [0.1, 0.15) is 12.2 Å². The summed E-state index contributed by atoms with van der Waals surface area (Å²) in [7, 11) is 0. The fourth-order valence-corrected chi connectivity index (χ4v) is 4.23. The Morgan fingerprint density at radius 1 is 0.880 bits per heavy atom. The van der Waals surface area contributed by atoms with Crippen molar-refractivity contribution in [2.45, 2.75) is 77.3 Å². The summed E-state index contributed by atoms with van der Waals surface area (Å²) in [5, 5.41) is 31.6. The van der Waals surface area contributed by atoms with E-state index in [4.69, 9.17) is 34.6 Å². The number of nitrogens with two attached hydrogens (primary N) is 1. The maximum Gasteiger partial charge on any atom is 0.313 e. The van der Waals surface area contributed by atoms with Crippen LogP contribution in [0.4, 0.5) is 22.0 Å². The van der Waals surface area contributed by atoms with Gasteiger partial charge in [-0.2, -0.15) is 13.9 Å². The van der Waals surface area contributed by atoms with Gasteiger partial charge in [-0.15, -0.1) is 0 Å². The molecule has 2 rings (SSSR count). The second-order valence-corrected chi connectivity index (χ2v) is 11.1. The van der Waals surface area contributed by atoms with Crippen LogP contribution in [0.2, 0.25) is 0 Å². The van der Waals surface area contributed by atoms with Gasteiger partial charge in [0.25, 0.3) is 0 Å². The molecule has 0 saturated carbocycles. The van der Waals surface area contributed by atoms with Crippen LogP contribution in [0.3, 0.4) is 0 Å². The van der Waals surface area contributed by atoms with Crippen molar-refractivity contribution in [2.24, 2.45) is 21.9 Å². The van der Waals surface area contributed by atoms with E-state index in [2.05, 4.69) is 21.8 Å². The van der Waals surface area contributed by atoms with Crippen LogP contribution in [0.5, 0.6) is 5.75 Å². The Labute approximate surface area is 288 Å². The van der Waals surface area contributed by atoms with Crippen molar-refractivity contribution in [3.05, 3.63) is 29.1 Å². The molecule has 0 spiro atoms. The van der Waals surface area contributed by atoms with Crippen LogP contribution in [-0.2, 0) is 28.5 Å². The Bertz CT molecular complexity index is 1150. The number of nitrogens with zero attached hydrogens (tertiary/aromatic N) is 2. The van der Waals surface area contributed by atoms with E-state index in [1.54, 1.807) is 6.21 Å². The molecule has 1 aliphatic heterocycles. The molecule has 1 fully saturated rings. The highest BCUT2D eigenvalue weighted by molar-refractivity contribution is 6.30. The molecule has 13 nitrogen and oxygen atoms in total. The Hall–Kier alpha value is -2.84. The number of hydrazone groups is 1. The number of aliphatic hydroxyl groups excluding tert-OH is 3. The lowest BCUT2D eigenvalue weighted by Gasteiger charge is -2.38. The molecule has 18 heteroatoms. The Balaban J connectivity index is 0.000000740. The second-order valence-electron chi connectivity index (χ2n) is 11.1. The molecular weight excluding hydrogens is 681 g/mol. The molecule has 1 aromatic rings. The lowest BCUT2D eigenvalue weighted by Crippen LogP contribution is -2.51. The van der Waals surface area contributed by atoms with Gasteiger partial charge in [0.15, 0.2) is 0 Å². The van der Waals surface area contributed by atoms with E-state index < -0.39 is 65.5 Å². The topological polar surface area (TPSA) is 184 Å². The number of carbonyl (C=O) groups is 1. The fourth-order valence-electron chi connectivity index (χ4n) is 4.23. The smallest absolute Gasteiger partial charge is 0.313 e. The summed E-state index contributed by atoms with van der Waals surface area (Å²) in [5.41, 5.74) is 0.736. The highest BCUT2D eigenvalue weighted by Gasteiger charge is 2.37. The number of hydrogen-bond donors (Lipinski definition) is 4. The quantitative estimate of drug-likeness (QED) is 0.0158. The number of halogens is 5. The van der Waals surface area contributed by atoms with Crippen molar-refractivity contribution in [1.29, 1.82) is 0 Å². The third-order valence-corrected chi connectivity index (χ3v) is 7.29. The van der Waals surface area contributed by atoms with Gasteiger partial charge in [0.2, 0.25) is 34.8 Å². The van der Waals surface area contributed by atoms with E-state index >= 15 is 0 Å². The Kier molecular flexibility index (Phi) is 23.5. The van der Waals surface area contributed by atoms with Crippen molar-refractivity contribution in [1.82, 2.24) is 0 Å². The molecule has 1 aliphatic rings. The van der Waals surface area contributed by atoms with Crippen LogP contribution < -0.4 is 10.6 Å². The number of aliphatic imine (C=N–C) groups is 1. The molecular formula is C32H50F5N3O10. The average molecular weight is 732 g/mol. The van der Waals surface area contributed by atoms with Crippen LogP contribution in [0, 0.1) is 35.0 Å². The molecule has 288 valence electrons. The number of aliphatic hydroxyl groups is 3. The second kappa shape index (κ2) is 26.0. The van der Waals surface area contributed by atoms with E-state index in [9.17, 15) is 37.0 Å². The van der Waals surface area contributed by atoms with Crippen LogP contribution >= 0.6 is 0 Å². The number of ether oxygens (including phenoxy) is 6. The minimum absolute atomic E-state index is 0.0597. The standard InChI is InChI=1S/C22H30F5N3O6.C10H20O4/c1-2-3-15(30-28)14-29-5-7-33-9-11-35-13-12-34-10-8-32-6-4-16(31)36-22-20(26)18(24)17(23)19(25)21(22)27;1-3-6(2)8-4-7(12)10(13)9(5-11)14-8/h14H,2-13,28H2,1H3;6-13H,3-5H2,1-2H3/b29-14?,30-15-;. The first kappa shape index (κ1) is 45.2. The number of carbonyl (C=O) groups excluding carboxylic acids is 1. The van der Waals surface area contributed by atoms with Gasteiger partial charge in [-0.3, -0.25) is 9.79 Å². The molecule has 1 aromatic carbocycles. The zero-order valence-corrected chi connectivity index (χ0v) is 28.6. The Morgan fingerprint density at radius 2 is 1.40 bits per heavy atom. The van der Waals surface area contributed by atoms with Crippen LogP contribution in [-0.4, -0.2) is 124 Å². The number of rotatable bonds is 22. The average Bonchev–Trinajstić information content (AvgIpc) is 3.11. The van der Waals surface area contributed by atoms with Crippen LogP contribution in [0.15, 0.2) is 10.1 Å². The first-order valence-electron chi connectivity index (χ1n) is 16.3. The van der Waals surface area contributed by atoms with Crippen LogP contribution in [0.25, 0.3) is 0 Å². The van der Waals surface area contributed by atoms with Gasteiger partial charge in [0, 0.05) is 12.6 Å². The molecule has 0 aliphatic carbocycles. The molecule has 0 radical (unpaired) electrons. The normalized spacial score (nSPS) is 20.1. The van der Waals surface area contributed by atoms with Gasteiger partial charge in [0.05, 0.1) is 90.3 Å². The maximum absolute atomic E-state index is 13.5. The predicted octanol–water partition coefficient (Wildman–Crippen LogP) is 2.83. The molecule has 0 amide bonds. The zero-order chi connectivity index (χ0) is 37.5. The predicted molar refractivity (Wildman–Crippen MR) is 171 cm³/mol. The Morgan fingerprint density at radius 3 is 1.90 bits per heavy atom. The lowest BCUT2D eigenvalue weighted by atomic mass is 9.90. The SMILES string of the molecule is CCC(C)C1CC(O)C(O)C(CO)O1.CCC/C(C=NCCOCCOCCOCCOCCC(=O)Oc1c(F)c(F)c(F)c(F)c1F)=N/N. The van der Waals surface area contributed by atoms with E-state index in [1.165, 1.54) is 0 Å². The molecule has 1 saturated heterocycles. The highest BCUT2D eigenvalue weighted by atomic mass is 19.2. The number of benzene rings is 1. The fraction of sp³-hybridized carbons (Fsp3) is 0.719. The summed E-state index contributed by atoms with van der Waals surface area (Å²) in [6, 6.07) is 0. The molecule has 5 atom stereocenters. The van der Waals surface area contributed by atoms with Crippen molar-refractivity contribution in [2.75, 3.05) is 66.0 Å². The van der Waals surface area contributed by atoms with Crippen molar-refractivity contribution < 1.29 is 70.5 Å². The maximum atomic E-state index is 13.5. The third-order valence-electron chi connectivity index (χ3n) is 7.29.